The molecule has 0 spiro atoms. The summed E-state index contributed by atoms with van der Waals surface area (Å²) in [6, 6.07) is -0.816. The van der Waals surface area contributed by atoms with Crippen LogP contribution in [0, 0.1) is 0 Å². The summed E-state index contributed by atoms with van der Waals surface area (Å²) in [5, 5.41) is 2.84. The van der Waals surface area contributed by atoms with E-state index in [1.807, 2.05) is 0 Å². The molecule has 1 aliphatic rings. The van der Waals surface area contributed by atoms with Gasteiger partial charge in [-0.2, -0.15) is 0 Å². The van der Waals surface area contributed by atoms with Crippen molar-refractivity contribution in [3.8, 4) is 0 Å². The zero-order chi connectivity index (χ0) is 12.9. The molecule has 1 N–H and O–H groups in total. The Morgan fingerprint density at radius 1 is 1.47 bits per heavy atom. The average molecular weight is 243 g/mol. The van der Waals surface area contributed by atoms with Crippen molar-refractivity contribution < 1.29 is 13.5 Å². The number of piperidine rings is 1. The van der Waals surface area contributed by atoms with E-state index in [2.05, 4.69) is 18.5 Å². The first kappa shape index (κ1) is 13.9. The van der Waals surface area contributed by atoms with Crippen LogP contribution in [0.4, 0.5) is 8.78 Å². The summed E-state index contributed by atoms with van der Waals surface area (Å²) < 4.78 is 31.9. The van der Waals surface area contributed by atoms with Crippen LogP contribution in [0.5, 0.6) is 0 Å². The maximum absolute atomic E-state index is 13.5. The molecule has 17 heavy (non-hydrogen) atoms. The lowest BCUT2D eigenvalue weighted by molar-refractivity contribution is -0.0599. The molecule has 1 saturated heterocycles. The second-order valence-corrected chi connectivity index (χ2v) is 4.24. The van der Waals surface area contributed by atoms with Gasteiger partial charge in [-0.25, -0.2) is 8.78 Å². The molecule has 0 bridgehead atoms. The van der Waals surface area contributed by atoms with Crippen molar-refractivity contribution in [1.82, 2.24) is 5.32 Å². The van der Waals surface area contributed by atoms with E-state index >= 15 is 0 Å². The third-order valence-electron chi connectivity index (χ3n) is 2.82. The predicted molar refractivity (Wildman–Crippen MR) is 65.0 cm³/mol. The van der Waals surface area contributed by atoms with Gasteiger partial charge in [0.05, 0.1) is 13.2 Å². The summed E-state index contributed by atoms with van der Waals surface area (Å²) in [5.74, 6) is -2.16. The monoisotopic (exact) mass is 243 g/mol. The average Bonchev–Trinajstić information content (AvgIpc) is 2.28. The SMILES string of the molecule is C=C(/C=C\C(=C)OC)CC1NCCCC1(F)F. The maximum atomic E-state index is 13.5. The highest BCUT2D eigenvalue weighted by Crippen LogP contribution is 2.31. The normalized spacial score (nSPS) is 23.6. The maximum Gasteiger partial charge on any atom is 0.263 e. The van der Waals surface area contributed by atoms with E-state index in [1.165, 1.54) is 7.11 Å². The fraction of sp³-hybridized carbons (Fsp3) is 0.538. The van der Waals surface area contributed by atoms with Crippen LogP contribution in [0.15, 0.2) is 36.6 Å². The largest absolute Gasteiger partial charge is 0.497 e. The molecule has 2 nitrogen and oxygen atoms in total. The number of alkyl halides is 2. The fourth-order valence-corrected chi connectivity index (χ4v) is 1.75. The van der Waals surface area contributed by atoms with Crippen molar-refractivity contribution in [1.29, 1.82) is 0 Å². The molecule has 0 aliphatic carbocycles. The van der Waals surface area contributed by atoms with Crippen molar-refractivity contribution in [2.45, 2.75) is 31.2 Å². The zero-order valence-corrected chi connectivity index (χ0v) is 10.1. The van der Waals surface area contributed by atoms with E-state index in [0.29, 0.717) is 24.3 Å². The van der Waals surface area contributed by atoms with Crippen LogP contribution in [0.3, 0.4) is 0 Å². The third kappa shape index (κ3) is 4.30. The Bertz CT molecular complexity index is 323. The molecule has 1 atom stereocenters. The molecule has 0 amide bonds. The van der Waals surface area contributed by atoms with Gasteiger partial charge in [-0.05, 0) is 25.5 Å². The minimum absolute atomic E-state index is 0.0492. The van der Waals surface area contributed by atoms with Crippen molar-refractivity contribution in [3.63, 3.8) is 0 Å². The summed E-state index contributed by atoms with van der Waals surface area (Å²) in [7, 11) is 1.51. The van der Waals surface area contributed by atoms with Gasteiger partial charge >= 0.3 is 0 Å². The third-order valence-corrected chi connectivity index (χ3v) is 2.82. The molecule has 0 radical (unpaired) electrons. The molecule has 4 heteroatoms. The minimum Gasteiger partial charge on any atom is -0.497 e. The molecule has 0 aromatic heterocycles. The van der Waals surface area contributed by atoms with E-state index in [9.17, 15) is 8.78 Å². The standard InChI is InChI=1S/C13H19F2NO/c1-10(5-6-11(2)17-3)9-12-13(14,15)7-4-8-16-12/h5-6,12,16H,1-2,4,7-9H2,3H3/b6-5-. The summed E-state index contributed by atoms with van der Waals surface area (Å²) in [6.45, 7) is 8.01. The lowest BCUT2D eigenvalue weighted by Gasteiger charge is -2.32. The van der Waals surface area contributed by atoms with Crippen molar-refractivity contribution in [2.24, 2.45) is 0 Å². The van der Waals surface area contributed by atoms with Crippen molar-refractivity contribution >= 4 is 0 Å². The minimum atomic E-state index is -2.65. The fourth-order valence-electron chi connectivity index (χ4n) is 1.75. The summed E-state index contributed by atoms with van der Waals surface area (Å²) in [6.07, 6.45) is 4.00. The summed E-state index contributed by atoms with van der Waals surface area (Å²) in [4.78, 5) is 0. The number of methoxy groups -OCH3 is 1. The summed E-state index contributed by atoms with van der Waals surface area (Å²) in [5.41, 5.74) is 0.641. The first-order valence-electron chi connectivity index (χ1n) is 5.65. The van der Waals surface area contributed by atoms with E-state index in [4.69, 9.17) is 4.74 Å². The van der Waals surface area contributed by atoms with Gasteiger partial charge in [-0.15, -0.1) is 0 Å². The van der Waals surface area contributed by atoms with E-state index in [-0.39, 0.29) is 12.8 Å². The number of hydrogen-bond acceptors (Lipinski definition) is 2. The van der Waals surface area contributed by atoms with E-state index < -0.39 is 12.0 Å². The van der Waals surface area contributed by atoms with Crippen LogP contribution in [-0.4, -0.2) is 25.6 Å². The summed E-state index contributed by atoms with van der Waals surface area (Å²) >= 11 is 0. The highest BCUT2D eigenvalue weighted by molar-refractivity contribution is 5.22. The van der Waals surface area contributed by atoms with Gasteiger partial charge in [0.15, 0.2) is 0 Å². The molecule has 1 heterocycles. The Balaban J connectivity index is 2.50. The number of halogens is 2. The Kier molecular flexibility index (Phi) is 4.87. The predicted octanol–water partition coefficient (Wildman–Crippen LogP) is 3.04. The Morgan fingerprint density at radius 3 is 2.76 bits per heavy atom. The molecule has 1 unspecified atom stereocenters. The number of rotatable bonds is 5. The Hall–Kier alpha value is -1.16. The van der Waals surface area contributed by atoms with Crippen molar-refractivity contribution in [2.75, 3.05) is 13.7 Å². The number of allylic oxidation sites excluding steroid dienone is 2. The van der Waals surface area contributed by atoms with Gasteiger partial charge in [0.1, 0.15) is 5.76 Å². The number of hydrogen-bond donors (Lipinski definition) is 1. The molecule has 1 rings (SSSR count). The van der Waals surface area contributed by atoms with Gasteiger partial charge in [0, 0.05) is 6.42 Å². The van der Waals surface area contributed by atoms with Gasteiger partial charge in [-0.1, -0.05) is 24.8 Å². The second-order valence-electron chi connectivity index (χ2n) is 4.24. The molecule has 0 aromatic carbocycles. The quantitative estimate of drug-likeness (QED) is 0.592. The number of ether oxygens (including phenoxy) is 1. The lowest BCUT2D eigenvalue weighted by Crippen LogP contribution is -2.49. The molecule has 0 saturated carbocycles. The van der Waals surface area contributed by atoms with E-state index in [0.717, 1.165) is 0 Å². The first-order chi connectivity index (χ1) is 7.95. The van der Waals surface area contributed by atoms with Crippen LogP contribution in [-0.2, 0) is 4.74 Å². The molecule has 96 valence electrons. The topological polar surface area (TPSA) is 21.3 Å². The van der Waals surface area contributed by atoms with Gasteiger partial charge in [0.25, 0.3) is 5.92 Å². The van der Waals surface area contributed by atoms with Crippen LogP contribution >= 0.6 is 0 Å². The molecule has 1 fully saturated rings. The van der Waals surface area contributed by atoms with Gasteiger partial charge in [-0.3, -0.25) is 0 Å². The molecule has 1 aliphatic heterocycles. The number of nitrogens with one attached hydrogen (secondary N) is 1. The smallest absolute Gasteiger partial charge is 0.263 e. The second kappa shape index (κ2) is 5.96. The van der Waals surface area contributed by atoms with Gasteiger partial charge < -0.3 is 10.1 Å². The first-order valence-corrected chi connectivity index (χ1v) is 5.65. The highest BCUT2D eigenvalue weighted by atomic mass is 19.3. The van der Waals surface area contributed by atoms with Crippen LogP contribution in [0.25, 0.3) is 0 Å². The van der Waals surface area contributed by atoms with Crippen LogP contribution in [0.2, 0.25) is 0 Å². The highest BCUT2D eigenvalue weighted by Gasteiger charge is 2.40. The molecule has 0 aromatic rings. The van der Waals surface area contributed by atoms with Crippen LogP contribution in [0.1, 0.15) is 19.3 Å². The molecular weight excluding hydrogens is 224 g/mol. The zero-order valence-electron chi connectivity index (χ0n) is 10.1. The van der Waals surface area contributed by atoms with E-state index in [1.54, 1.807) is 12.2 Å². The van der Waals surface area contributed by atoms with Gasteiger partial charge in [0.2, 0.25) is 0 Å². The van der Waals surface area contributed by atoms with Crippen LogP contribution < -0.4 is 5.32 Å². The Morgan fingerprint density at radius 2 is 2.18 bits per heavy atom. The molecular formula is C13H19F2NO. The Labute approximate surface area is 101 Å². The van der Waals surface area contributed by atoms with Crippen molar-refractivity contribution in [3.05, 3.63) is 36.6 Å². The lowest BCUT2D eigenvalue weighted by atomic mass is 9.94.